The smallest absolute Gasteiger partial charge is 0.292 e. The van der Waals surface area contributed by atoms with Gasteiger partial charge < -0.3 is 11.1 Å². The summed E-state index contributed by atoms with van der Waals surface area (Å²) < 4.78 is 1.56. The first-order chi connectivity index (χ1) is 8.99. The molecule has 0 aliphatic carbocycles. The molecule has 2 aromatic rings. The van der Waals surface area contributed by atoms with Crippen molar-refractivity contribution in [3.63, 3.8) is 0 Å². The number of rotatable bonds is 4. The van der Waals surface area contributed by atoms with Crippen molar-refractivity contribution in [2.45, 2.75) is 13.5 Å². The summed E-state index contributed by atoms with van der Waals surface area (Å²) >= 11 is 0. The molecule has 0 bridgehead atoms. The molecule has 0 radical (unpaired) electrons. The van der Waals surface area contributed by atoms with E-state index in [0.29, 0.717) is 18.1 Å². The van der Waals surface area contributed by atoms with Crippen LogP contribution < -0.4 is 11.1 Å². The fraction of sp³-hybridized carbons (Fsp3) is 0.250. The Hall–Kier alpha value is -2.57. The lowest BCUT2D eigenvalue weighted by atomic mass is 10.2. The Kier molecular flexibility index (Phi) is 3.37. The summed E-state index contributed by atoms with van der Waals surface area (Å²) in [6.45, 7) is 2.21. The van der Waals surface area contributed by atoms with Gasteiger partial charge in [-0.05, 0) is 18.6 Å². The molecule has 2 rings (SSSR count). The molecule has 0 fully saturated rings. The van der Waals surface area contributed by atoms with Gasteiger partial charge in [-0.1, -0.05) is 6.07 Å². The Morgan fingerprint density at radius 1 is 1.53 bits per heavy atom. The van der Waals surface area contributed by atoms with Crippen LogP contribution in [0.4, 0.5) is 17.2 Å². The van der Waals surface area contributed by atoms with Crippen LogP contribution in [-0.4, -0.2) is 14.7 Å². The second-order valence-electron chi connectivity index (χ2n) is 4.31. The van der Waals surface area contributed by atoms with Crippen molar-refractivity contribution in [2.24, 2.45) is 7.05 Å². The number of aromatic nitrogens is 2. The second-order valence-corrected chi connectivity index (χ2v) is 4.31. The molecule has 0 aliphatic rings. The van der Waals surface area contributed by atoms with Crippen LogP contribution in [0, 0.1) is 17.0 Å². The number of nitro groups is 1. The minimum Gasteiger partial charge on any atom is -0.384 e. The van der Waals surface area contributed by atoms with Crippen molar-refractivity contribution in [1.29, 1.82) is 0 Å². The number of anilines is 2. The summed E-state index contributed by atoms with van der Waals surface area (Å²) in [5.74, 6) is 0.544. The Labute approximate surface area is 110 Å². The van der Waals surface area contributed by atoms with Crippen LogP contribution in [0.1, 0.15) is 11.1 Å². The van der Waals surface area contributed by atoms with Gasteiger partial charge in [-0.15, -0.1) is 0 Å². The molecular weight excluding hydrogens is 246 g/mol. The first-order valence-electron chi connectivity index (χ1n) is 5.74. The van der Waals surface area contributed by atoms with E-state index in [1.807, 2.05) is 13.0 Å². The summed E-state index contributed by atoms with van der Waals surface area (Å²) in [5.41, 5.74) is 7.99. The summed E-state index contributed by atoms with van der Waals surface area (Å²) in [6.07, 6.45) is 1.64. The van der Waals surface area contributed by atoms with Gasteiger partial charge in [-0.2, -0.15) is 5.10 Å². The first kappa shape index (κ1) is 12.9. The Bertz CT molecular complexity index is 621. The molecule has 1 aromatic heterocycles. The van der Waals surface area contributed by atoms with Crippen LogP contribution in [0.25, 0.3) is 0 Å². The fourth-order valence-corrected chi connectivity index (χ4v) is 1.76. The highest BCUT2D eigenvalue weighted by Gasteiger charge is 2.14. The lowest BCUT2D eigenvalue weighted by Gasteiger charge is -2.07. The number of hydrogen-bond donors (Lipinski definition) is 2. The van der Waals surface area contributed by atoms with Gasteiger partial charge in [0.15, 0.2) is 0 Å². The maximum atomic E-state index is 11.0. The van der Waals surface area contributed by atoms with E-state index in [1.54, 1.807) is 24.0 Å². The van der Waals surface area contributed by atoms with Crippen molar-refractivity contribution >= 4 is 17.2 Å². The van der Waals surface area contributed by atoms with Gasteiger partial charge in [-0.25, -0.2) is 0 Å². The minimum absolute atomic E-state index is 0.0578. The van der Waals surface area contributed by atoms with Crippen molar-refractivity contribution in [2.75, 3.05) is 11.1 Å². The Balaban J connectivity index is 2.20. The zero-order valence-corrected chi connectivity index (χ0v) is 10.8. The molecule has 7 nitrogen and oxygen atoms in total. The number of hydrogen-bond acceptors (Lipinski definition) is 5. The summed E-state index contributed by atoms with van der Waals surface area (Å²) in [5, 5.41) is 18.0. The number of nitro benzene ring substituents is 1. The third kappa shape index (κ3) is 2.65. The molecule has 0 saturated heterocycles. The van der Waals surface area contributed by atoms with Gasteiger partial charge in [-0.3, -0.25) is 14.8 Å². The SMILES string of the molecule is Cc1ccc(NCc2cnn(C)c2N)c([N+](=O)[O-])c1. The molecule has 100 valence electrons. The average molecular weight is 261 g/mol. The number of nitrogens with zero attached hydrogens (tertiary/aromatic N) is 3. The number of nitrogens with one attached hydrogen (secondary N) is 1. The van der Waals surface area contributed by atoms with Crippen molar-refractivity contribution in [3.8, 4) is 0 Å². The zero-order chi connectivity index (χ0) is 14.0. The summed E-state index contributed by atoms with van der Waals surface area (Å²) in [6, 6.07) is 5.05. The largest absolute Gasteiger partial charge is 0.384 e. The zero-order valence-electron chi connectivity index (χ0n) is 10.8. The fourth-order valence-electron chi connectivity index (χ4n) is 1.76. The van der Waals surface area contributed by atoms with Gasteiger partial charge >= 0.3 is 0 Å². The predicted molar refractivity (Wildman–Crippen MR) is 72.8 cm³/mol. The number of nitrogen functional groups attached to an aromatic ring is 1. The first-order valence-corrected chi connectivity index (χ1v) is 5.74. The molecule has 0 saturated carbocycles. The molecule has 0 unspecified atom stereocenters. The Morgan fingerprint density at radius 2 is 2.26 bits per heavy atom. The van der Waals surface area contributed by atoms with Gasteiger partial charge in [0.2, 0.25) is 0 Å². The van der Waals surface area contributed by atoms with Crippen molar-refractivity contribution in [1.82, 2.24) is 9.78 Å². The number of aryl methyl sites for hydroxylation is 2. The standard InChI is InChI=1S/C12H15N5O2/c1-8-3-4-10(11(5-8)17(18)19)14-6-9-7-15-16(2)12(9)13/h3-5,7,14H,6,13H2,1-2H3. The molecule has 0 amide bonds. The van der Waals surface area contributed by atoms with Gasteiger partial charge in [0.05, 0.1) is 11.1 Å². The topological polar surface area (TPSA) is 99.0 Å². The van der Waals surface area contributed by atoms with Crippen LogP contribution in [0.3, 0.4) is 0 Å². The molecule has 0 atom stereocenters. The van der Waals surface area contributed by atoms with Crippen molar-refractivity contribution < 1.29 is 4.92 Å². The highest BCUT2D eigenvalue weighted by molar-refractivity contribution is 5.63. The number of benzene rings is 1. The average Bonchev–Trinajstić information content (AvgIpc) is 2.68. The van der Waals surface area contributed by atoms with Gasteiger partial charge in [0.25, 0.3) is 5.69 Å². The lowest BCUT2D eigenvalue weighted by Crippen LogP contribution is -2.05. The molecule has 7 heteroatoms. The molecule has 19 heavy (non-hydrogen) atoms. The quantitative estimate of drug-likeness (QED) is 0.646. The molecule has 1 heterocycles. The van der Waals surface area contributed by atoms with Crippen LogP contribution >= 0.6 is 0 Å². The van der Waals surface area contributed by atoms with E-state index in [0.717, 1.165) is 11.1 Å². The van der Waals surface area contributed by atoms with Gasteiger partial charge in [0.1, 0.15) is 11.5 Å². The summed E-state index contributed by atoms with van der Waals surface area (Å²) in [7, 11) is 1.74. The highest BCUT2D eigenvalue weighted by Crippen LogP contribution is 2.26. The lowest BCUT2D eigenvalue weighted by molar-refractivity contribution is -0.384. The third-order valence-electron chi connectivity index (χ3n) is 2.88. The van der Waals surface area contributed by atoms with Crippen LogP contribution in [0.2, 0.25) is 0 Å². The van der Waals surface area contributed by atoms with E-state index in [2.05, 4.69) is 10.4 Å². The second kappa shape index (κ2) is 4.97. The van der Waals surface area contributed by atoms with Crippen molar-refractivity contribution in [3.05, 3.63) is 45.6 Å². The number of nitrogens with two attached hydrogens (primary N) is 1. The van der Waals surface area contributed by atoms with E-state index in [4.69, 9.17) is 5.73 Å². The molecular formula is C12H15N5O2. The molecule has 1 aromatic carbocycles. The van der Waals surface area contributed by atoms with Gasteiger partial charge in [0, 0.05) is 25.2 Å². The normalized spacial score (nSPS) is 10.4. The monoisotopic (exact) mass is 261 g/mol. The Morgan fingerprint density at radius 3 is 2.84 bits per heavy atom. The van der Waals surface area contributed by atoms with E-state index < -0.39 is 4.92 Å². The minimum atomic E-state index is -0.401. The van der Waals surface area contributed by atoms with Crippen LogP contribution in [0.5, 0.6) is 0 Å². The summed E-state index contributed by atoms with van der Waals surface area (Å²) in [4.78, 5) is 10.6. The van der Waals surface area contributed by atoms with E-state index in [1.165, 1.54) is 6.07 Å². The predicted octanol–water partition coefficient (Wildman–Crippen LogP) is 1.83. The van der Waals surface area contributed by atoms with E-state index >= 15 is 0 Å². The van der Waals surface area contributed by atoms with Crippen LogP contribution in [0.15, 0.2) is 24.4 Å². The molecule has 0 spiro atoms. The third-order valence-corrected chi connectivity index (χ3v) is 2.88. The molecule has 3 N–H and O–H groups in total. The van der Waals surface area contributed by atoms with Crippen LogP contribution in [-0.2, 0) is 13.6 Å². The molecule has 0 aliphatic heterocycles. The maximum Gasteiger partial charge on any atom is 0.292 e. The van der Waals surface area contributed by atoms with E-state index in [-0.39, 0.29) is 5.69 Å². The van der Waals surface area contributed by atoms with E-state index in [9.17, 15) is 10.1 Å². The highest BCUT2D eigenvalue weighted by atomic mass is 16.6. The maximum absolute atomic E-state index is 11.0.